The van der Waals surface area contributed by atoms with Gasteiger partial charge in [0.05, 0.1) is 13.2 Å². The van der Waals surface area contributed by atoms with Crippen LogP contribution in [0.4, 0.5) is 10.1 Å². The third-order valence-corrected chi connectivity index (χ3v) is 4.08. The molecule has 1 atom stereocenters. The van der Waals surface area contributed by atoms with Crippen molar-refractivity contribution in [1.82, 2.24) is 5.32 Å². The van der Waals surface area contributed by atoms with E-state index in [9.17, 15) is 9.18 Å². The third kappa shape index (κ3) is 3.62. The van der Waals surface area contributed by atoms with Crippen molar-refractivity contribution in [2.45, 2.75) is 19.4 Å². The lowest BCUT2D eigenvalue weighted by Gasteiger charge is -2.17. The molecule has 128 valence electrons. The number of amides is 1. The first kappa shape index (κ1) is 18.1. The molecule has 2 aromatic rings. The molecule has 0 aliphatic carbocycles. The summed E-state index contributed by atoms with van der Waals surface area (Å²) in [7, 11) is 1.53. The van der Waals surface area contributed by atoms with E-state index < -0.39 is 0 Å². The molecule has 1 aliphatic rings. The number of hydrogen-bond donors (Lipinski definition) is 2. The number of hydrogen-bond acceptors (Lipinski definition) is 3. The molecular weight excluding hydrogens is 331 g/mol. The van der Waals surface area contributed by atoms with Crippen LogP contribution in [-0.4, -0.2) is 19.6 Å². The largest absolute Gasteiger partial charge is 0.496 e. The van der Waals surface area contributed by atoms with Crippen molar-refractivity contribution >= 4 is 24.0 Å². The van der Waals surface area contributed by atoms with Crippen molar-refractivity contribution in [3.05, 3.63) is 58.9 Å². The maximum atomic E-state index is 13.5. The topological polar surface area (TPSA) is 50.4 Å². The van der Waals surface area contributed by atoms with E-state index in [1.54, 1.807) is 12.1 Å². The highest BCUT2D eigenvalue weighted by Gasteiger charge is 2.18. The summed E-state index contributed by atoms with van der Waals surface area (Å²) in [5.41, 5.74) is 3.45. The summed E-state index contributed by atoms with van der Waals surface area (Å²) in [4.78, 5) is 12.4. The van der Waals surface area contributed by atoms with Crippen LogP contribution in [0.15, 0.2) is 36.4 Å². The highest BCUT2D eigenvalue weighted by molar-refractivity contribution is 5.95. The average molecular weight is 351 g/mol. The lowest BCUT2D eigenvalue weighted by molar-refractivity contribution is 0.0939. The second kappa shape index (κ2) is 7.53. The summed E-state index contributed by atoms with van der Waals surface area (Å²) in [6, 6.07) is 9.54. The van der Waals surface area contributed by atoms with Crippen molar-refractivity contribution in [3.63, 3.8) is 0 Å². The van der Waals surface area contributed by atoms with Crippen LogP contribution in [0.5, 0.6) is 5.75 Å². The predicted octanol–water partition coefficient (Wildman–Crippen LogP) is 3.72. The van der Waals surface area contributed by atoms with E-state index in [2.05, 4.69) is 10.6 Å². The Balaban J connectivity index is 0.00000208. The van der Waals surface area contributed by atoms with Gasteiger partial charge in [-0.05, 0) is 55.3 Å². The van der Waals surface area contributed by atoms with Gasteiger partial charge in [0, 0.05) is 23.4 Å². The van der Waals surface area contributed by atoms with Gasteiger partial charge in [0.15, 0.2) is 0 Å². The van der Waals surface area contributed by atoms with Gasteiger partial charge in [-0.2, -0.15) is 0 Å². The Hall–Kier alpha value is -2.27. The zero-order valence-electron chi connectivity index (χ0n) is 13.6. The highest BCUT2D eigenvalue weighted by atomic mass is 35.5. The summed E-state index contributed by atoms with van der Waals surface area (Å²) in [5.74, 6) is 0.0152. The van der Waals surface area contributed by atoms with Gasteiger partial charge in [0.25, 0.3) is 5.91 Å². The molecule has 4 nitrogen and oxygen atoms in total. The van der Waals surface area contributed by atoms with Crippen molar-refractivity contribution in [3.8, 4) is 5.75 Å². The molecule has 0 bridgehead atoms. The van der Waals surface area contributed by atoms with Gasteiger partial charge in [0.2, 0.25) is 0 Å². The zero-order chi connectivity index (χ0) is 16.4. The first-order valence-corrected chi connectivity index (χ1v) is 7.59. The molecule has 0 radical (unpaired) electrons. The monoisotopic (exact) mass is 350 g/mol. The number of carbonyl (C=O) groups is 1. The number of methoxy groups -OCH3 is 1. The highest BCUT2D eigenvalue weighted by Crippen LogP contribution is 2.27. The lowest BCUT2D eigenvalue weighted by atomic mass is 10.0. The van der Waals surface area contributed by atoms with Gasteiger partial charge in [-0.3, -0.25) is 4.79 Å². The number of carbonyl (C=O) groups excluding carboxylic acids is 1. The number of benzene rings is 2. The fourth-order valence-corrected chi connectivity index (χ4v) is 2.85. The Kier molecular flexibility index (Phi) is 5.67. The van der Waals surface area contributed by atoms with Crippen molar-refractivity contribution in [2.24, 2.45) is 0 Å². The van der Waals surface area contributed by atoms with Gasteiger partial charge >= 0.3 is 0 Å². The van der Waals surface area contributed by atoms with E-state index in [-0.39, 0.29) is 30.2 Å². The van der Waals surface area contributed by atoms with Crippen LogP contribution >= 0.6 is 12.4 Å². The molecule has 2 N–H and O–H groups in total. The molecule has 6 heteroatoms. The fraction of sp³-hybridized carbons (Fsp3) is 0.278. The Morgan fingerprint density at radius 1 is 1.29 bits per heavy atom. The van der Waals surface area contributed by atoms with E-state index >= 15 is 0 Å². The van der Waals surface area contributed by atoms with Gasteiger partial charge in [-0.1, -0.05) is 0 Å². The molecule has 0 spiro atoms. The van der Waals surface area contributed by atoms with E-state index in [0.717, 1.165) is 24.2 Å². The second-order valence-electron chi connectivity index (χ2n) is 5.63. The van der Waals surface area contributed by atoms with Crippen LogP contribution in [0.2, 0.25) is 0 Å². The number of rotatable bonds is 4. The number of ether oxygens (including phenoxy) is 1. The Morgan fingerprint density at radius 2 is 2.08 bits per heavy atom. The predicted molar refractivity (Wildman–Crippen MR) is 94.7 cm³/mol. The number of anilines is 1. The molecule has 0 aromatic heterocycles. The lowest BCUT2D eigenvalue weighted by Crippen LogP contribution is -2.27. The first-order valence-electron chi connectivity index (χ1n) is 7.59. The van der Waals surface area contributed by atoms with E-state index in [4.69, 9.17) is 4.74 Å². The molecule has 0 saturated heterocycles. The van der Waals surface area contributed by atoms with Crippen LogP contribution < -0.4 is 15.4 Å². The van der Waals surface area contributed by atoms with Gasteiger partial charge < -0.3 is 15.4 Å². The molecule has 1 heterocycles. The summed E-state index contributed by atoms with van der Waals surface area (Å²) in [5, 5.41) is 6.16. The molecule has 0 fully saturated rings. The standard InChI is InChI=1S/C18H19FN2O2.ClH/c1-11(15-10-14(19)4-6-17(15)23-2)21-18(22)13-3-5-16-12(9-13)7-8-20-16;/h3-6,9-11,20H,7-8H2,1-2H3,(H,21,22);1H. The normalized spacial score (nSPS) is 13.3. The van der Waals surface area contributed by atoms with Gasteiger partial charge in [-0.15, -0.1) is 12.4 Å². The number of nitrogens with one attached hydrogen (secondary N) is 2. The minimum Gasteiger partial charge on any atom is -0.496 e. The van der Waals surface area contributed by atoms with Crippen molar-refractivity contribution in [1.29, 1.82) is 0 Å². The molecule has 1 amide bonds. The van der Waals surface area contributed by atoms with Crippen LogP contribution in [-0.2, 0) is 6.42 Å². The summed E-state index contributed by atoms with van der Waals surface area (Å²) < 4.78 is 18.7. The van der Waals surface area contributed by atoms with Crippen LogP contribution in [0.3, 0.4) is 0 Å². The summed E-state index contributed by atoms with van der Waals surface area (Å²) in [6.07, 6.45) is 0.920. The van der Waals surface area contributed by atoms with Crippen LogP contribution in [0, 0.1) is 5.82 Å². The Labute approximate surface area is 146 Å². The second-order valence-corrected chi connectivity index (χ2v) is 5.63. The quantitative estimate of drug-likeness (QED) is 0.883. The molecule has 1 aliphatic heterocycles. The molecule has 24 heavy (non-hydrogen) atoms. The fourth-order valence-electron chi connectivity index (χ4n) is 2.85. The van der Waals surface area contributed by atoms with Crippen LogP contribution in [0.1, 0.15) is 34.5 Å². The minimum absolute atomic E-state index is 0. The maximum Gasteiger partial charge on any atom is 0.251 e. The van der Waals surface area contributed by atoms with Crippen molar-refractivity contribution < 1.29 is 13.9 Å². The van der Waals surface area contributed by atoms with Gasteiger partial charge in [0.1, 0.15) is 11.6 Å². The Bertz CT molecular complexity index is 752. The van der Waals surface area contributed by atoms with Crippen molar-refractivity contribution in [2.75, 3.05) is 19.0 Å². The molecule has 0 saturated carbocycles. The summed E-state index contributed by atoms with van der Waals surface area (Å²) in [6.45, 7) is 2.71. The zero-order valence-corrected chi connectivity index (χ0v) is 14.4. The smallest absolute Gasteiger partial charge is 0.251 e. The maximum absolute atomic E-state index is 13.5. The molecular formula is C18H20ClFN2O2. The van der Waals surface area contributed by atoms with E-state index in [1.165, 1.54) is 19.2 Å². The SMILES string of the molecule is COc1ccc(F)cc1C(C)NC(=O)c1ccc2c(c1)CCN2.Cl. The van der Waals surface area contributed by atoms with Crippen LogP contribution in [0.25, 0.3) is 0 Å². The molecule has 3 rings (SSSR count). The average Bonchev–Trinajstić information content (AvgIpc) is 3.02. The number of halogens is 2. The van der Waals surface area contributed by atoms with E-state index in [1.807, 2.05) is 19.1 Å². The number of fused-ring (bicyclic) bond motifs is 1. The first-order chi connectivity index (χ1) is 11.1. The molecule has 1 unspecified atom stereocenters. The third-order valence-electron chi connectivity index (χ3n) is 4.08. The van der Waals surface area contributed by atoms with E-state index in [0.29, 0.717) is 16.9 Å². The Morgan fingerprint density at radius 3 is 2.83 bits per heavy atom. The minimum atomic E-state index is -0.362. The van der Waals surface area contributed by atoms with Gasteiger partial charge in [-0.25, -0.2) is 4.39 Å². The summed E-state index contributed by atoms with van der Waals surface area (Å²) >= 11 is 0. The molecule has 2 aromatic carbocycles.